The van der Waals surface area contributed by atoms with E-state index in [0.717, 1.165) is 38.0 Å². The van der Waals surface area contributed by atoms with Crippen molar-refractivity contribution in [3.8, 4) is 11.8 Å². The molecule has 2 rings (SSSR count). The molecular formula is C17H25N3O. The number of nitrogens with one attached hydrogen (secondary N) is 2. The van der Waals surface area contributed by atoms with Gasteiger partial charge >= 0.3 is 0 Å². The van der Waals surface area contributed by atoms with E-state index in [4.69, 9.17) is 10.00 Å². The van der Waals surface area contributed by atoms with E-state index in [1.807, 2.05) is 19.1 Å². The lowest BCUT2D eigenvalue weighted by Gasteiger charge is -2.40. The average molecular weight is 287 g/mol. The van der Waals surface area contributed by atoms with Crippen LogP contribution in [0.4, 0.5) is 0 Å². The molecule has 0 amide bonds. The molecule has 0 unspecified atom stereocenters. The third-order valence-corrected chi connectivity index (χ3v) is 4.24. The van der Waals surface area contributed by atoms with E-state index in [1.54, 1.807) is 0 Å². The molecule has 1 saturated carbocycles. The van der Waals surface area contributed by atoms with Crippen molar-refractivity contribution in [1.29, 1.82) is 5.26 Å². The number of nitrogens with zero attached hydrogens (tertiary/aromatic N) is 1. The number of rotatable bonds is 6. The second kappa shape index (κ2) is 7.44. The molecule has 1 fully saturated rings. The summed E-state index contributed by atoms with van der Waals surface area (Å²) in [6.07, 6.45) is 3.85. The maximum Gasteiger partial charge on any atom is 0.119 e. The number of benzene rings is 1. The van der Waals surface area contributed by atoms with Crippen molar-refractivity contribution in [3.63, 3.8) is 0 Å². The molecule has 0 spiro atoms. The number of hydrazine groups is 1. The van der Waals surface area contributed by atoms with E-state index in [0.29, 0.717) is 6.61 Å². The molecule has 0 radical (unpaired) electrons. The molecule has 1 aliphatic rings. The number of hydrogen-bond donors (Lipinski definition) is 2. The SMILES string of the molecule is CCNNC1(c2ccc(OCC)cc2)CCC(C#N)CC1. The standard InChI is InChI=1S/C17H25N3O/c1-3-19-20-17(11-9-14(13-18)10-12-17)15-5-7-16(8-6-15)21-4-2/h5-8,14,19-20H,3-4,9-12H2,1-2H3. The van der Waals surface area contributed by atoms with Gasteiger partial charge in [0.1, 0.15) is 5.75 Å². The predicted molar refractivity (Wildman–Crippen MR) is 83.7 cm³/mol. The normalized spacial score (nSPS) is 25.3. The Hall–Kier alpha value is -1.57. The van der Waals surface area contributed by atoms with Crippen LogP contribution in [0.1, 0.15) is 45.1 Å². The predicted octanol–water partition coefficient (Wildman–Crippen LogP) is 3.11. The molecule has 1 aliphatic carbocycles. The first kappa shape index (κ1) is 15.8. The topological polar surface area (TPSA) is 57.1 Å². The Morgan fingerprint density at radius 2 is 1.90 bits per heavy atom. The Morgan fingerprint density at radius 1 is 1.24 bits per heavy atom. The molecule has 0 atom stereocenters. The lowest BCUT2D eigenvalue weighted by Crippen LogP contribution is -2.51. The van der Waals surface area contributed by atoms with Gasteiger partial charge in [0.15, 0.2) is 0 Å². The van der Waals surface area contributed by atoms with Gasteiger partial charge in [-0.3, -0.25) is 5.43 Å². The van der Waals surface area contributed by atoms with Crippen LogP contribution in [0.5, 0.6) is 5.75 Å². The maximum absolute atomic E-state index is 9.10. The van der Waals surface area contributed by atoms with Gasteiger partial charge in [-0.1, -0.05) is 19.1 Å². The van der Waals surface area contributed by atoms with Gasteiger partial charge in [-0.25, -0.2) is 5.43 Å². The largest absolute Gasteiger partial charge is 0.494 e. The number of ether oxygens (including phenoxy) is 1. The zero-order valence-corrected chi connectivity index (χ0v) is 13.0. The zero-order valence-electron chi connectivity index (χ0n) is 13.0. The third kappa shape index (κ3) is 3.75. The highest BCUT2D eigenvalue weighted by molar-refractivity contribution is 5.32. The minimum absolute atomic E-state index is 0.0753. The van der Waals surface area contributed by atoms with E-state index >= 15 is 0 Å². The molecule has 4 heteroatoms. The summed E-state index contributed by atoms with van der Waals surface area (Å²) in [7, 11) is 0. The first-order valence-electron chi connectivity index (χ1n) is 7.87. The van der Waals surface area contributed by atoms with Crippen LogP contribution < -0.4 is 15.6 Å². The smallest absolute Gasteiger partial charge is 0.119 e. The summed E-state index contributed by atoms with van der Waals surface area (Å²) in [4.78, 5) is 0. The van der Waals surface area contributed by atoms with Crippen LogP contribution in [-0.4, -0.2) is 13.2 Å². The third-order valence-electron chi connectivity index (χ3n) is 4.24. The lowest BCUT2D eigenvalue weighted by molar-refractivity contribution is 0.186. The summed E-state index contributed by atoms with van der Waals surface area (Å²) in [5, 5.41) is 9.10. The van der Waals surface area contributed by atoms with Crippen molar-refractivity contribution in [3.05, 3.63) is 29.8 Å². The Bertz CT molecular complexity index is 470. The van der Waals surface area contributed by atoms with E-state index in [2.05, 4.69) is 36.0 Å². The van der Waals surface area contributed by atoms with Crippen LogP contribution in [0.3, 0.4) is 0 Å². The van der Waals surface area contributed by atoms with Crippen molar-refractivity contribution in [1.82, 2.24) is 10.9 Å². The van der Waals surface area contributed by atoms with Crippen molar-refractivity contribution in [2.24, 2.45) is 5.92 Å². The molecule has 1 aromatic carbocycles. The van der Waals surface area contributed by atoms with Crippen LogP contribution in [0.25, 0.3) is 0 Å². The van der Waals surface area contributed by atoms with E-state index in [-0.39, 0.29) is 11.5 Å². The van der Waals surface area contributed by atoms with Crippen LogP contribution >= 0.6 is 0 Å². The van der Waals surface area contributed by atoms with Crippen molar-refractivity contribution in [2.45, 2.75) is 45.1 Å². The summed E-state index contributed by atoms with van der Waals surface area (Å²) in [5.41, 5.74) is 7.95. The Kier molecular flexibility index (Phi) is 5.60. The molecule has 0 bridgehead atoms. The molecule has 0 aliphatic heterocycles. The molecule has 0 aromatic heterocycles. The van der Waals surface area contributed by atoms with Gasteiger partial charge in [-0.05, 0) is 50.3 Å². The van der Waals surface area contributed by atoms with E-state index in [1.165, 1.54) is 5.56 Å². The quantitative estimate of drug-likeness (QED) is 0.789. The first-order chi connectivity index (χ1) is 10.2. The molecule has 114 valence electrons. The molecular weight excluding hydrogens is 262 g/mol. The highest BCUT2D eigenvalue weighted by atomic mass is 16.5. The lowest BCUT2D eigenvalue weighted by atomic mass is 9.73. The fourth-order valence-corrected chi connectivity index (χ4v) is 3.02. The fraction of sp³-hybridized carbons (Fsp3) is 0.588. The molecule has 4 nitrogen and oxygen atoms in total. The van der Waals surface area contributed by atoms with Gasteiger partial charge in [-0.2, -0.15) is 5.26 Å². The van der Waals surface area contributed by atoms with Gasteiger partial charge in [0.05, 0.1) is 18.2 Å². The van der Waals surface area contributed by atoms with Gasteiger partial charge in [0.2, 0.25) is 0 Å². The summed E-state index contributed by atoms with van der Waals surface area (Å²) >= 11 is 0. The average Bonchev–Trinajstić information content (AvgIpc) is 2.54. The Labute approximate surface area is 127 Å². The van der Waals surface area contributed by atoms with Gasteiger partial charge in [-0.15, -0.1) is 0 Å². The number of hydrogen-bond acceptors (Lipinski definition) is 4. The van der Waals surface area contributed by atoms with Gasteiger partial charge in [0, 0.05) is 12.5 Å². The van der Waals surface area contributed by atoms with E-state index in [9.17, 15) is 0 Å². The molecule has 0 saturated heterocycles. The number of nitriles is 1. The monoisotopic (exact) mass is 287 g/mol. The second-order valence-electron chi connectivity index (χ2n) is 5.60. The molecule has 2 N–H and O–H groups in total. The highest BCUT2D eigenvalue weighted by Gasteiger charge is 2.36. The second-order valence-corrected chi connectivity index (χ2v) is 5.60. The van der Waals surface area contributed by atoms with Gasteiger partial charge in [0.25, 0.3) is 0 Å². The minimum Gasteiger partial charge on any atom is -0.494 e. The van der Waals surface area contributed by atoms with Crippen LogP contribution in [0.15, 0.2) is 24.3 Å². The molecule has 21 heavy (non-hydrogen) atoms. The van der Waals surface area contributed by atoms with Crippen molar-refractivity contribution in [2.75, 3.05) is 13.2 Å². The summed E-state index contributed by atoms with van der Waals surface area (Å²) in [5.74, 6) is 1.11. The zero-order chi connectivity index (χ0) is 15.1. The highest BCUT2D eigenvalue weighted by Crippen LogP contribution is 2.39. The molecule has 0 heterocycles. The fourth-order valence-electron chi connectivity index (χ4n) is 3.02. The minimum atomic E-state index is -0.0753. The summed E-state index contributed by atoms with van der Waals surface area (Å²) < 4.78 is 5.52. The first-order valence-corrected chi connectivity index (χ1v) is 7.87. The Morgan fingerprint density at radius 3 is 2.43 bits per heavy atom. The summed E-state index contributed by atoms with van der Waals surface area (Å²) in [6.45, 7) is 5.63. The molecule has 1 aromatic rings. The van der Waals surface area contributed by atoms with Crippen molar-refractivity contribution >= 4 is 0 Å². The van der Waals surface area contributed by atoms with Crippen molar-refractivity contribution < 1.29 is 4.74 Å². The van der Waals surface area contributed by atoms with E-state index < -0.39 is 0 Å². The van der Waals surface area contributed by atoms with Crippen LogP contribution in [-0.2, 0) is 5.54 Å². The maximum atomic E-state index is 9.10. The van der Waals surface area contributed by atoms with Crippen LogP contribution in [0.2, 0.25) is 0 Å². The Balaban J connectivity index is 2.17. The van der Waals surface area contributed by atoms with Gasteiger partial charge < -0.3 is 4.74 Å². The van der Waals surface area contributed by atoms with Crippen LogP contribution in [0, 0.1) is 17.2 Å². The summed E-state index contributed by atoms with van der Waals surface area (Å²) in [6, 6.07) is 10.8.